The number of hydrogen-bond acceptors (Lipinski definition) is 4. The lowest BCUT2D eigenvalue weighted by molar-refractivity contribution is 0.122. The molecule has 1 aliphatic rings. The van der Waals surface area contributed by atoms with Gasteiger partial charge in [-0.2, -0.15) is 4.31 Å². The Morgan fingerprint density at radius 3 is 2.67 bits per heavy atom. The lowest BCUT2D eigenvalue weighted by Crippen LogP contribution is -2.41. The minimum Gasteiger partial charge on any atom is -0.390 e. The van der Waals surface area contributed by atoms with E-state index in [1.165, 1.54) is 4.31 Å². The topological polar surface area (TPSA) is 83.6 Å². The van der Waals surface area contributed by atoms with Gasteiger partial charge >= 0.3 is 0 Å². The fraction of sp³-hybridized carbons (Fsp3) is 0.500. The molecule has 1 saturated heterocycles. The smallest absolute Gasteiger partial charge is 0.214 e. The van der Waals surface area contributed by atoms with E-state index in [1.54, 1.807) is 0 Å². The minimum atomic E-state index is -3.33. The summed E-state index contributed by atoms with van der Waals surface area (Å²) in [6.45, 7) is 0.353. The molecular weight excluding hydrogens is 252 g/mol. The van der Waals surface area contributed by atoms with E-state index in [0.29, 0.717) is 6.42 Å². The third kappa shape index (κ3) is 3.08. The highest BCUT2D eigenvalue weighted by Gasteiger charge is 2.32. The van der Waals surface area contributed by atoms with Crippen LogP contribution in [0.1, 0.15) is 12.0 Å². The van der Waals surface area contributed by atoms with Crippen LogP contribution in [0.15, 0.2) is 30.3 Å². The first-order valence-electron chi connectivity index (χ1n) is 5.94. The van der Waals surface area contributed by atoms with Crippen molar-refractivity contribution in [2.24, 2.45) is 5.73 Å². The van der Waals surface area contributed by atoms with Gasteiger partial charge in [-0.1, -0.05) is 30.3 Å². The van der Waals surface area contributed by atoms with E-state index in [2.05, 4.69) is 0 Å². The summed E-state index contributed by atoms with van der Waals surface area (Å²) < 4.78 is 25.4. The van der Waals surface area contributed by atoms with Gasteiger partial charge in [0.05, 0.1) is 11.9 Å². The molecule has 0 saturated carbocycles. The molecule has 0 amide bonds. The van der Waals surface area contributed by atoms with E-state index < -0.39 is 22.2 Å². The second-order valence-electron chi connectivity index (χ2n) is 4.61. The van der Waals surface area contributed by atoms with Crippen LogP contribution in [0.2, 0.25) is 0 Å². The van der Waals surface area contributed by atoms with Gasteiger partial charge < -0.3 is 10.8 Å². The van der Waals surface area contributed by atoms with Gasteiger partial charge in [0.25, 0.3) is 0 Å². The van der Waals surface area contributed by atoms with Crippen molar-refractivity contribution in [2.45, 2.75) is 25.1 Å². The number of aliphatic hydroxyl groups excluding tert-OH is 1. The number of aliphatic hydroxyl groups is 1. The van der Waals surface area contributed by atoms with Gasteiger partial charge in [0, 0.05) is 19.1 Å². The van der Waals surface area contributed by atoms with Crippen LogP contribution in [0.5, 0.6) is 0 Å². The number of benzene rings is 1. The summed E-state index contributed by atoms with van der Waals surface area (Å²) in [4.78, 5) is 0. The quantitative estimate of drug-likeness (QED) is 0.786. The Morgan fingerprint density at radius 1 is 1.33 bits per heavy atom. The largest absolute Gasteiger partial charge is 0.390 e. The maximum absolute atomic E-state index is 12.1. The van der Waals surface area contributed by atoms with Gasteiger partial charge in [0.15, 0.2) is 0 Å². The predicted octanol–water partition coefficient (Wildman–Crippen LogP) is -0.0897. The maximum Gasteiger partial charge on any atom is 0.214 e. The molecule has 2 rings (SSSR count). The fourth-order valence-electron chi connectivity index (χ4n) is 2.01. The number of nitrogens with two attached hydrogens (primary N) is 1. The SMILES string of the molecule is NC1CCS(=O)(=O)N(Cc2ccccc2)CC1O. The Bertz CT molecular complexity index is 489. The Hall–Kier alpha value is -0.950. The van der Waals surface area contributed by atoms with Crippen molar-refractivity contribution < 1.29 is 13.5 Å². The van der Waals surface area contributed by atoms with Gasteiger partial charge in [0.1, 0.15) is 0 Å². The van der Waals surface area contributed by atoms with Crippen LogP contribution in [-0.4, -0.2) is 42.3 Å². The van der Waals surface area contributed by atoms with Gasteiger partial charge in [0.2, 0.25) is 10.0 Å². The van der Waals surface area contributed by atoms with Gasteiger partial charge in [-0.25, -0.2) is 8.42 Å². The maximum atomic E-state index is 12.1. The molecule has 1 fully saturated rings. The van der Waals surface area contributed by atoms with E-state index >= 15 is 0 Å². The Balaban J connectivity index is 2.19. The lowest BCUT2D eigenvalue weighted by atomic mass is 10.1. The van der Waals surface area contributed by atoms with Crippen molar-refractivity contribution >= 4 is 10.0 Å². The van der Waals surface area contributed by atoms with Crippen molar-refractivity contribution in [3.63, 3.8) is 0 Å². The highest BCUT2D eigenvalue weighted by atomic mass is 32.2. The summed E-state index contributed by atoms with van der Waals surface area (Å²) in [5.74, 6) is -0.00192. The van der Waals surface area contributed by atoms with Crippen LogP contribution in [0.3, 0.4) is 0 Å². The monoisotopic (exact) mass is 270 g/mol. The van der Waals surface area contributed by atoms with E-state index in [9.17, 15) is 13.5 Å². The summed E-state index contributed by atoms with van der Waals surface area (Å²) in [5, 5.41) is 9.81. The summed E-state index contributed by atoms with van der Waals surface area (Å²) in [6, 6.07) is 8.87. The third-order valence-corrected chi connectivity index (χ3v) is 5.01. The molecule has 6 heteroatoms. The van der Waals surface area contributed by atoms with Crippen LogP contribution in [0, 0.1) is 0 Å². The number of sulfonamides is 1. The van der Waals surface area contributed by atoms with Crippen molar-refractivity contribution in [1.82, 2.24) is 4.31 Å². The Kier molecular flexibility index (Phi) is 4.01. The van der Waals surface area contributed by atoms with Gasteiger partial charge in [-0.3, -0.25) is 0 Å². The number of nitrogens with zero attached hydrogens (tertiary/aromatic N) is 1. The molecule has 0 spiro atoms. The Morgan fingerprint density at radius 2 is 2.00 bits per heavy atom. The molecule has 0 aromatic heterocycles. The third-order valence-electron chi connectivity index (χ3n) is 3.19. The summed E-state index contributed by atoms with van der Waals surface area (Å²) in [5.41, 5.74) is 6.62. The average Bonchev–Trinajstić information content (AvgIpc) is 2.44. The van der Waals surface area contributed by atoms with E-state index in [0.717, 1.165) is 5.56 Å². The molecule has 1 aromatic rings. The zero-order chi connectivity index (χ0) is 13.2. The molecule has 0 aliphatic carbocycles. The van der Waals surface area contributed by atoms with Crippen LogP contribution >= 0.6 is 0 Å². The van der Waals surface area contributed by atoms with E-state index in [4.69, 9.17) is 5.73 Å². The lowest BCUT2D eigenvalue weighted by Gasteiger charge is -2.22. The molecule has 18 heavy (non-hydrogen) atoms. The molecule has 0 radical (unpaired) electrons. The summed E-state index contributed by atoms with van der Waals surface area (Å²) in [7, 11) is -3.33. The Labute approximate surface area is 107 Å². The second kappa shape index (κ2) is 5.36. The molecule has 2 unspecified atom stereocenters. The number of rotatable bonds is 2. The van der Waals surface area contributed by atoms with Crippen molar-refractivity contribution in [2.75, 3.05) is 12.3 Å². The molecule has 3 N–H and O–H groups in total. The highest BCUT2D eigenvalue weighted by molar-refractivity contribution is 7.89. The average molecular weight is 270 g/mol. The fourth-order valence-corrected chi connectivity index (χ4v) is 3.57. The predicted molar refractivity (Wildman–Crippen MR) is 69.2 cm³/mol. The standard InChI is InChI=1S/C12H18N2O3S/c13-11-6-7-18(16,17)14(9-12(11)15)8-10-4-2-1-3-5-10/h1-5,11-12,15H,6-9,13H2. The molecular formula is C12H18N2O3S. The first-order valence-corrected chi connectivity index (χ1v) is 7.55. The number of hydrogen-bond donors (Lipinski definition) is 2. The van der Waals surface area contributed by atoms with E-state index in [1.807, 2.05) is 30.3 Å². The van der Waals surface area contributed by atoms with Gasteiger partial charge in [-0.15, -0.1) is 0 Å². The zero-order valence-electron chi connectivity index (χ0n) is 10.1. The normalized spacial score (nSPS) is 28.8. The van der Waals surface area contributed by atoms with E-state index in [-0.39, 0.29) is 18.8 Å². The molecule has 1 aromatic carbocycles. The van der Waals surface area contributed by atoms with Crippen molar-refractivity contribution in [3.8, 4) is 0 Å². The summed E-state index contributed by atoms with van der Waals surface area (Å²) >= 11 is 0. The van der Waals surface area contributed by atoms with Crippen LogP contribution in [0.25, 0.3) is 0 Å². The molecule has 5 nitrogen and oxygen atoms in total. The first-order chi connectivity index (χ1) is 8.49. The van der Waals surface area contributed by atoms with Crippen molar-refractivity contribution in [1.29, 1.82) is 0 Å². The minimum absolute atomic E-state index is 0.00192. The highest BCUT2D eigenvalue weighted by Crippen LogP contribution is 2.17. The molecule has 100 valence electrons. The molecule has 1 aliphatic heterocycles. The second-order valence-corrected chi connectivity index (χ2v) is 6.70. The first kappa shape index (κ1) is 13.5. The summed E-state index contributed by atoms with van der Waals surface area (Å²) in [6.07, 6.45) is -0.500. The molecule has 1 heterocycles. The molecule has 2 atom stereocenters. The number of β-amino-alcohol motifs (C(OH)–C–C–N with tert-alkyl or cyclic N) is 1. The van der Waals surface area contributed by atoms with Crippen LogP contribution < -0.4 is 5.73 Å². The van der Waals surface area contributed by atoms with Crippen molar-refractivity contribution in [3.05, 3.63) is 35.9 Å². The molecule has 0 bridgehead atoms. The zero-order valence-corrected chi connectivity index (χ0v) is 10.9. The van der Waals surface area contributed by atoms with Crippen LogP contribution in [0.4, 0.5) is 0 Å². The van der Waals surface area contributed by atoms with Gasteiger partial charge in [-0.05, 0) is 12.0 Å². The van der Waals surface area contributed by atoms with Crippen LogP contribution in [-0.2, 0) is 16.6 Å².